The molecule has 0 aliphatic carbocycles. The number of hydrogen-bond donors (Lipinski definition) is 3. The van der Waals surface area contributed by atoms with Crippen molar-refractivity contribution in [1.29, 1.82) is 0 Å². The van der Waals surface area contributed by atoms with Crippen LogP contribution in [0, 0.1) is 0 Å². The van der Waals surface area contributed by atoms with Gasteiger partial charge in [0.15, 0.2) is 0 Å². The minimum absolute atomic E-state index is 0.00828. The number of rotatable bonds is 6. The van der Waals surface area contributed by atoms with E-state index in [1.165, 1.54) is 6.07 Å². The Morgan fingerprint density at radius 1 is 1.12 bits per heavy atom. The SMILES string of the molecule is CC(C)c1ccccc1NC(=O)CNc1ccc(Cl)cc1C(N)=O. The van der Waals surface area contributed by atoms with E-state index in [2.05, 4.69) is 24.5 Å². The standard InChI is InChI=1S/C18H20ClN3O2/c1-11(2)13-5-3-4-6-16(13)22-17(23)10-21-15-8-7-12(19)9-14(15)18(20)24/h3-9,11,21H,10H2,1-2H3,(H2,20,24)(H,22,23). The van der Waals surface area contributed by atoms with Gasteiger partial charge < -0.3 is 16.4 Å². The summed E-state index contributed by atoms with van der Waals surface area (Å²) in [5.41, 5.74) is 7.90. The van der Waals surface area contributed by atoms with Crippen molar-refractivity contribution >= 4 is 34.8 Å². The number of primary amides is 1. The van der Waals surface area contributed by atoms with Crippen LogP contribution in [-0.2, 0) is 4.79 Å². The Bertz CT molecular complexity index is 760. The molecule has 0 heterocycles. The summed E-state index contributed by atoms with van der Waals surface area (Å²) < 4.78 is 0. The van der Waals surface area contributed by atoms with E-state index < -0.39 is 5.91 Å². The van der Waals surface area contributed by atoms with Gasteiger partial charge in [-0.25, -0.2) is 0 Å². The third kappa shape index (κ3) is 4.49. The molecule has 0 aromatic heterocycles. The monoisotopic (exact) mass is 345 g/mol. The van der Waals surface area contributed by atoms with E-state index in [1.54, 1.807) is 12.1 Å². The molecule has 5 nitrogen and oxygen atoms in total. The predicted molar refractivity (Wildman–Crippen MR) is 97.6 cm³/mol. The second-order valence-electron chi connectivity index (χ2n) is 5.70. The highest BCUT2D eigenvalue weighted by molar-refractivity contribution is 6.31. The molecule has 0 spiro atoms. The van der Waals surface area contributed by atoms with Crippen LogP contribution >= 0.6 is 11.6 Å². The first kappa shape index (κ1) is 17.8. The van der Waals surface area contributed by atoms with Crippen molar-refractivity contribution in [3.05, 3.63) is 58.6 Å². The van der Waals surface area contributed by atoms with Gasteiger partial charge in [-0.15, -0.1) is 0 Å². The van der Waals surface area contributed by atoms with E-state index in [1.807, 2.05) is 24.3 Å². The lowest BCUT2D eigenvalue weighted by molar-refractivity contribution is -0.114. The Balaban J connectivity index is 2.06. The molecular formula is C18H20ClN3O2. The maximum absolute atomic E-state index is 12.2. The number of anilines is 2. The van der Waals surface area contributed by atoms with Crippen LogP contribution in [0.5, 0.6) is 0 Å². The van der Waals surface area contributed by atoms with Crippen LogP contribution in [0.2, 0.25) is 5.02 Å². The quantitative estimate of drug-likeness (QED) is 0.747. The molecule has 0 aliphatic rings. The molecule has 2 aromatic rings. The first-order valence-electron chi connectivity index (χ1n) is 7.60. The number of carbonyl (C=O) groups is 2. The summed E-state index contributed by atoms with van der Waals surface area (Å²) >= 11 is 5.86. The summed E-state index contributed by atoms with van der Waals surface area (Å²) in [5, 5.41) is 6.20. The van der Waals surface area contributed by atoms with Crippen molar-refractivity contribution in [3.8, 4) is 0 Å². The minimum Gasteiger partial charge on any atom is -0.375 e. The Morgan fingerprint density at radius 3 is 2.50 bits per heavy atom. The maximum atomic E-state index is 12.2. The zero-order chi connectivity index (χ0) is 17.7. The van der Waals surface area contributed by atoms with Crippen LogP contribution in [0.1, 0.15) is 35.7 Å². The third-order valence-electron chi connectivity index (χ3n) is 3.54. The molecule has 2 rings (SSSR count). The second-order valence-corrected chi connectivity index (χ2v) is 6.13. The zero-order valence-corrected chi connectivity index (χ0v) is 14.4. The smallest absolute Gasteiger partial charge is 0.250 e. The van der Waals surface area contributed by atoms with Crippen LogP contribution in [0.4, 0.5) is 11.4 Å². The molecule has 2 amide bonds. The van der Waals surface area contributed by atoms with Gasteiger partial charge >= 0.3 is 0 Å². The van der Waals surface area contributed by atoms with E-state index in [0.717, 1.165) is 11.3 Å². The molecule has 0 fully saturated rings. The highest BCUT2D eigenvalue weighted by Gasteiger charge is 2.12. The van der Waals surface area contributed by atoms with Crippen LogP contribution in [0.25, 0.3) is 0 Å². The molecular weight excluding hydrogens is 326 g/mol. The molecule has 0 radical (unpaired) electrons. The molecule has 0 aliphatic heterocycles. The Kier molecular flexibility index (Phi) is 5.82. The van der Waals surface area contributed by atoms with Gasteiger partial charge in [-0.05, 0) is 35.7 Å². The summed E-state index contributed by atoms with van der Waals surface area (Å²) in [5.74, 6) is -0.522. The van der Waals surface area contributed by atoms with Crippen molar-refractivity contribution in [2.24, 2.45) is 5.73 Å². The number of amides is 2. The van der Waals surface area contributed by atoms with E-state index in [4.69, 9.17) is 17.3 Å². The lowest BCUT2D eigenvalue weighted by Gasteiger charge is -2.15. The number of nitrogens with one attached hydrogen (secondary N) is 2. The molecule has 2 aromatic carbocycles. The van der Waals surface area contributed by atoms with Crippen LogP contribution in [-0.4, -0.2) is 18.4 Å². The molecule has 24 heavy (non-hydrogen) atoms. The summed E-state index contributed by atoms with van der Waals surface area (Å²) in [6.45, 7) is 4.14. The number of halogens is 1. The van der Waals surface area contributed by atoms with Crippen LogP contribution < -0.4 is 16.4 Å². The van der Waals surface area contributed by atoms with E-state index in [0.29, 0.717) is 16.6 Å². The third-order valence-corrected chi connectivity index (χ3v) is 3.78. The van der Waals surface area contributed by atoms with Crippen molar-refractivity contribution in [3.63, 3.8) is 0 Å². The Hall–Kier alpha value is -2.53. The van der Waals surface area contributed by atoms with E-state index in [9.17, 15) is 9.59 Å². The first-order valence-corrected chi connectivity index (χ1v) is 7.98. The molecule has 0 saturated heterocycles. The summed E-state index contributed by atoms with van der Waals surface area (Å²) in [6.07, 6.45) is 0. The number of benzene rings is 2. The average molecular weight is 346 g/mol. The fourth-order valence-corrected chi connectivity index (χ4v) is 2.53. The maximum Gasteiger partial charge on any atom is 0.250 e. The Morgan fingerprint density at radius 2 is 1.83 bits per heavy atom. The molecule has 4 N–H and O–H groups in total. The lowest BCUT2D eigenvalue weighted by atomic mass is 10.0. The summed E-state index contributed by atoms with van der Waals surface area (Å²) in [7, 11) is 0. The fraction of sp³-hybridized carbons (Fsp3) is 0.222. The zero-order valence-electron chi connectivity index (χ0n) is 13.6. The lowest BCUT2D eigenvalue weighted by Crippen LogP contribution is -2.24. The van der Waals surface area contributed by atoms with Crippen molar-refractivity contribution in [2.45, 2.75) is 19.8 Å². The molecule has 0 unspecified atom stereocenters. The van der Waals surface area contributed by atoms with Gasteiger partial charge in [0.1, 0.15) is 0 Å². The number of para-hydroxylation sites is 1. The number of hydrogen-bond acceptors (Lipinski definition) is 3. The largest absolute Gasteiger partial charge is 0.375 e. The van der Waals surface area contributed by atoms with Gasteiger partial charge in [0, 0.05) is 16.4 Å². The number of carbonyl (C=O) groups excluding carboxylic acids is 2. The van der Waals surface area contributed by atoms with Gasteiger partial charge in [-0.2, -0.15) is 0 Å². The molecule has 6 heteroatoms. The first-order chi connectivity index (χ1) is 11.4. The highest BCUT2D eigenvalue weighted by Crippen LogP contribution is 2.24. The predicted octanol–water partition coefficient (Wildman–Crippen LogP) is 3.61. The van der Waals surface area contributed by atoms with Crippen molar-refractivity contribution in [1.82, 2.24) is 0 Å². The molecule has 0 atom stereocenters. The van der Waals surface area contributed by atoms with Gasteiger partial charge in [-0.3, -0.25) is 9.59 Å². The van der Waals surface area contributed by atoms with Crippen LogP contribution in [0.3, 0.4) is 0 Å². The van der Waals surface area contributed by atoms with Gasteiger partial charge in [0.05, 0.1) is 12.1 Å². The fourth-order valence-electron chi connectivity index (χ4n) is 2.36. The second kappa shape index (κ2) is 7.84. The summed E-state index contributed by atoms with van der Waals surface area (Å²) in [6, 6.07) is 12.4. The van der Waals surface area contributed by atoms with Gasteiger partial charge in [-0.1, -0.05) is 43.6 Å². The molecule has 126 valence electrons. The highest BCUT2D eigenvalue weighted by atomic mass is 35.5. The average Bonchev–Trinajstić information content (AvgIpc) is 2.53. The van der Waals surface area contributed by atoms with Crippen molar-refractivity contribution in [2.75, 3.05) is 17.2 Å². The van der Waals surface area contributed by atoms with Gasteiger partial charge in [0.2, 0.25) is 5.91 Å². The van der Waals surface area contributed by atoms with E-state index in [-0.39, 0.29) is 18.0 Å². The minimum atomic E-state index is -0.606. The molecule has 0 bridgehead atoms. The summed E-state index contributed by atoms with van der Waals surface area (Å²) in [4.78, 5) is 23.6. The molecule has 0 saturated carbocycles. The van der Waals surface area contributed by atoms with Crippen LogP contribution in [0.15, 0.2) is 42.5 Å². The van der Waals surface area contributed by atoms with E-state index >= 15 is 0 Å². The normalized spacial score (nSPS) is 10.5. The number of nitrogens with two attached hydrogens (primary N) is 1. The van der Waals surface area contributed by atoms with Gasteiger partial charge in [0.25, 0.3) is 5.91 Å². The topological polar surface area (TPSA) is 84.2 Å². The Labute approximate surface area is 146 Å². The van der Waals surface area contributed by atoms with Crippen molar-refractivity contribution < 1.29 is 9.59 Å².